The third-order valence-corrected chi connectivity index (χ3v) is 5.53. The molecule has 1 heterocycles. The van der Waals surface area contributed by atoms with Gasteiger partial charge in [-0.25, -0.2) is 0 Å². The van der Waals surface area contributed by atoms with Gasteiger partial charge in [-0.05, 0) is 79.9 Å². The molecule has 1 aromatic heterocycles. The van der Waals surface area contributed by atoms with Crippen molar-refractivity contribution in [1.29, 1.82) is 0 Å². The van der Waals surface area contributed by atoms with E-state index in [4.69, 9.17) is 11.6 Å². The van der Waals surface area contributed by atoms with Crippen LogP contribution in [0.1, 0.15) is 11.1 Å². The van der Waals surface area contributed by atoms with E-state index in [0.29, 0.717) is 33.2 Å². The number of alkyl halides is 3. The Morgan fingerprint density at radius 2 is 1.65 bits per heavy atom. The number of pyridine rings is 1. The molecule has 0 fully saturated rings. The number of rotatable bonds is 5. The maximum atomic E-state index is 13.4. The number of halogens is 4. The fourth-order valence-corrected chi connectivity index (χ4v) is 3.81. The maximum Gasteiger partial charge on any atom is 0.416 e. The minimum absolute atomic E-state index is 0.101. The standard InChI is InChI=1S/C26H19ClF3N3O/c1-16-6-13-24(34)33(21-5-3-4-17(14-21)26(28,29)30)25(16)22-15-20(11-12-23(22)31-2)32-19-9-7-18(27)8-10-19/h3-15,32H,2H2,1H3. The Balaban J connectivity index is 1.91. The van der Waals surface area contributed by atoms with Crippen LogP contribution >= 0.6 is 11.6 Å². The van der Waals surface area contributed by atoms with Crippen LogP contribution in [-0.2, 0) is 6.18 Å². The van der Waals surface area contributed by atoms with Gasteiger partial charge in [0, 0.05) is 33.7 Å². The Labute approximate surface area is 199 Å². The van der Waals surface area contributed by atoms with E-state index < -0.39 is 17.3 Å². The third-order valence-electron chi connectivity index (χ3n) is 5.28. The van der Waals surface area contributed by atoms with E-state index in [1.165, 1.54) is 22.8 Å². The van der Waals surface area contributed by atoms with Crippen molar-refractivity contribution in [2.24, 2.45) is 4.99 Å². The number of hydrogen-bond donors (Lipinski definition) is 1. The fourth-order valence-electron chi connectivity index (χ4n) is 3.69. The molecule has 0 aliphatic heterocycles. The number of nitrogens with one attached hydrogen (secondary N) is 1. The van der Waals surface area contributed by atoms with Crippen LogP contribution in [0.2, 0.25) is 5.02 Å². The first-order valence-corrected chi connectivity index (χ1v) is 10.6. The fraction of sp³-hybridized carbons (Fsp3) is 0.0769. The number of nitrogens with zero attached hydrogens (tertiary/aromatic N) is 2. The zero-order valence-electron chi connectivity index (χ0n) is 18.0. The lowest BCUT2D eigenvalue weighted by molar-refractivity contribution is -0.137. The molecule has 4 nitrogen and oxygen atoms in total. The highest BCUT2D eigenvalue weighted by Gasteiger charge is 2.31. The molecule has 0 aliphatic rings. The monoisotopic (exact) mass is 481 g/mol. The Hall–Kier alpha value is -3.84. The van der Waals surface area contributed by atoms with E-state index in [0.717, 1.165) is 17.8 Å². The third kappa shape index (κ3) is 4.75. The SMILES string of the molecule is C=Nc1ccc(Nc2ccc(Cl)cc2)cc1-c1c(C)ccc(=O)n1-c1cccc(C(F)(F)F)c1. The molecule has 0 unspecified atom stereocenters. The predicted octanol–water partition coefficient (Wildman–Crippen LogP) is 7.56. The summed E-state index contributed by atoms with van der Waals surface area (Å²) < 4.78 is 41.4. The number of benzene rings is 3. The second-order valence-corrected chi connectivity index (χ2v) is 8.05. The molecule has 172 valence electrons. The molecule has 4 rings (SSSR count). The number of aromatic nitrogens is 1. The average Bonchev–Trinajstić information content (AvgIpc) is 2.81. The molecule has 0 saturated heterocycles. The van der Waals surface area contributed by atoms with Crippen LogP contribution in [-0.4, -0.2) is 11.3 Å². The lowest BCUT2D eigenvalue weighted by Crippen LogP contribution is -2.20. The first kappa shape index (κ1) is 23.3. The quantitative estimate of drug-likeness (QED) is 0.299. The molecule has 0 spiro atoms. The number of aryl methyl sites for hydroxylation is 1. The largest absolute Gasteiger partial charge is 0.416 e. The number of aliphatic imine (C=N–C) groups is 1. The molecule has 3 aromatic carbocycles. The Morgan fingerprint density at radius 1 is 0.941 bits per heavy atom. The minimum Gasteiger partial charge on any atom is -0.356 e. The van der Waals surface area contributed by atoms with Crippen molar-refractivity contribution in [3.8, 4) is 16.9 Å². The van der Waals surface area contributed by atoms with Crippen molar-refractivity contribution in [2.45, 2.75) is 13.1 Å². The van der Waals surface area contributed by atoms with Crippen molar-refractivity contribution in [3.05, 3.63) is 105 Å². The van der Waals surface area contributed by atoms with Crippen molar-refractivity contribution in [1.82, 2.24) is 4.57 Å². The summed E-state index contributed by atoms with van der Waals surface area (Å²) in [5.41, 5.74) is 2.41. The first-order chi connectivity index (χ1) is 16.2. The zero-order chi connectivity index (χ0) is 24.5. The van der Waals surface area contributed by atoms with Gasteiger partial charge in [0.15, 0.2) is 0 Å². The van der Waals surface area contributed by atoms with Gasteiger partial charge in [0.1, 0.15) is 0 Å². The Kier molecular flexibility index (Phi) is 6.30. The molecule has 0 atom stereocenters. The van der Waals surface area contributed by atoms with Crippen molar-refractivity contribution >= 4 is 35.4 Å². The van der Waals surface area contributed by atoms with Crippen molar-refractivity contribution in [3.63, 3.8) is 0 Å². The molecule has 0 saturated carbocycles. The molecule has 8 heteroatoms. The summed E-state index contributed by atoms with van der Waals surface area (Å²) in [5.74, 6) is 0. The molecule has 0 amide bonds. The van der Waals surface area contributed by atoms with Crippen molar-refractivity contribution in [2.75, 3.05) is 5.32 Å². The normalized spacial score (nSPS) is 11.3. The highest BCUT2D eigenvalue weighted by Crippen LogP contribution is 2.37. The van der Waals surface area contributed by atoms with E-state index >= 15 is 0 Å². The summed E-state index contributed by atoms with van der Waals surface area (Å²) in [4.78, 5) is 17.0. The van der Waals surface area contributed by atoms with Gasteiger partial charge in [-0.2, -0.15) is 13.2 Å². The van der Waals surface area contributed by atoms with Crippen LogP contribution < -0.4 is 10.9 Å². The van der Waals surface area contributed by atoms with Gasteiger partial charge >= 0.3 is 6.18 Å². The topological polar surface area (TPSA) is 46.4 Å². The van der Waals surface area contributed by atoms with Crippen LogP contribution in [0, 0.1) is 6.92 Å². The van der Waals surface area contributed by atoms with E-state index in [2.05, 4.69) is 17.0 Å². The maximum absolute atomic E-state index is 13.4. The van der Waals surface area contributed by atoms with Gasteiger partial charge in [0.25, 0.3) is 5.56 Å². The molecular weight excluding hydrogens is 463 g/mol. The second-order valence-electron chi connectivity index (χ2n) is 7.61. The van der Waals surface area contributed by atoms with Gasteiger partial charge in [0.05, 0.1) is 16.9 Å². The lowest BCUT2D eigenvalue weighted by atomic mass is 10.0. The van der Waals surface area contributed by atoms with Gasteiger partial charge in [-0.1, -0.05) is 23.7 Å². The summed E-state index contributed by atoms with van der Waals surface area (Å²) in [6.45, 7) is 5.40. The summed E-state index contributed by atoms with van der Waals surface area (Å²) in [6.07, 6.45) is -4.54. The predicted molar refractivity (Wildman–Crippen MR) is 131 cm³/mol. The molecule has 1 N–H and O–H groups in total. The van der Waals surface area contributed by atoms with Gasteiger partial charge < -0.3 is 5.32 Å². The Bertz CT molecular complexity index is 1430. The second kappa shape index (κ2) is 9.19. The van der Waals surface area contributed by atoms with Crippen molar-refractivity contribution < 1.29 is 13.2 Å². The van der Waals surface area contributed by atoms with E-state index in [-0.39, 0.29) is 5.69 Å². The highest BCUT2D eigenvalue weighted by molar-refractivity contribution is 6.30. The van der Waals surface area contributed by atoms with Crippen LogP contribution in [0.3, 0.4) is 0 Å². The lowest BCUT2D eigenvalue weighted by Gasteiger charge is -2.19. The van der Waals surface area contributed by atoms with Crippen LogP contribution in [0.4, 0.5) is 30.2 Å². The molecule has 0 bridgehead atoms. The molecular formula is C26H19ClF3N3O. The van der Waals surface area contributed by atoms with Gasteiger partial charge in [-0.15, -0.1) is 0 Å². The molecule has 0 aliphatic carbocycles. The van der Waals surface area contributed by atoms with Gasteiger partial charge in [-0.3, -0.25) is 14.4 Å². The van der Waals surface area contributed by atoms with Gasteiger partial charge in [0.2, 0.25) is 0 Å². The molecule has 0 radical (unpaired) electrons. The summed E-state index contributed by atoms with van der Waals surface area (Å²) in [5, 5.41) is 3.86. The first-order valence-electron chi connectivity index (χ1n) is 10.2. The summed E-state index contributed by atoms with van der Waals surface area (Å²) in [7, 11) is 0. The Morgan fingerprint density at radius 3 is 2.32 bits per heavy atom. The van der Waals surface area contributed by atoms with E-state index in [1.54, 1.807) is 43.3 Å². The highest BCUT2D eigenvalue weighted by atomic mass is 35.5. The number of anilines is 2. The smallest absolute Gasteiger partial charge is 0.356 e. The summed E-state index contributed by atoms with van der Waals surface area (Å²) >= 11 is 5.96. The summed E-state index contributed by atoms with van der Waals surface area (Å²) in [6, 6.07) is 20.1. The van der Waals surface area contributed by atoms with E-state index in [9.17, 15) is 18.0 Å². The van der Waals surface area contributed by atoms with E-state index in [1.807, 2.05) is 12.1 Å². The van der Waals surface area contributed by atoms with Crippen LogP contribution in [0.5, 0.6) is 0 Å². The van der Waals surface area contributed by atoms with Crippen LogP contribution in [0.25, 0.3) is 16.9 Å². The molecule has 34 heavy (non-hydrogen) atoms. The number of hydrogen-bond acceptors (Lipinski definition) is 3. The minimum atomic E-state index is -4.54. The average molecular weight is 482 g/mol. The molecule has 4 aromatic rings. The van der Waals surface area contributed by atoms with Crippen LogP contribution in [0.15, 0.2) is 88.6 Å². The zero-order valence-corrected chi connectivity index (χ0v) is 18.8.